The molecule has 0 spiro atoms. The molecule has 4 aliphatic heterocycles. The largest absolute Gasteiger partial charge is 0.508 e. The average molecular weight is 744 g/mol. The van der Waals surface area contributed by atoms with E-state index in [0.717, 1.165) is 45.7 Å². The number of anilines is 1. The van der Waals surface area contributed by atoms with E-state index in [1.165, 1.54) is 31.2 Å². The van der Waals surface area contributed by atoms with E-state index in [1.807, 2.05) is 4.90 Å². The number of terminal acetylenes is 1. The van der Waals surface area contributed by atoms with Crippen LogP contribution in [0, 0.1) is 35.3 Å². The maximum absolute atomic E-state index is 17.7. The van der Waals surface area contributed by atoms with E-state index in [4.69, 9.17) is 26.0 Å². The van der Waals surface area contributed by atoms with Crippen LogP contribution in [-0.2, 0) is 11.8 Å². The van der Waals surface area contributed by atoms with Crippen LogP contribution in [0.2, 0.25) is 0 Å². The molecule has 0 saturated carbocycles. The van der Waals surface area contributed by atoms with Crippen molar-refractivity contribution in [3.05, 3.63) is 47.7 Å². The number of halogens is 4. The second kappa shape index (κ2) is 12.7. The highest BCUT2D eigenvalue weighted by atomic mass is 19.3. The Kier molecular flexibility index (Phi) is 8.22. The van der Waals surface area contributed by atoms with E-state index in [9.17, 15) is 5.11 Å². The molecule has 2 unspecified atom stereocenters. The predicted octanol–water partition coefficient (Wildman–Crippen LogP) is 5.96. The lowest BCUT2D eigenvalue weighted by Crippen LogP contribution is -2.56. The van der Waals surface area contributed by atoms with Gasteiger partial charge in [-0.1, -0.05) is 12.0 Å². The molecule has 10 nitrogen and oxygen atoms in total. The summed E-state index contributed by atoms with van der Waals surface area (Å²) in [5, 5.41) is 17.1. The van der Waals surface area contributed by atoms with Crippen molar-refractivity contribution in [1.29, 1.82) is 0 Å². The summed E-state index contributed by atoms with van der Waals surface area (Å²) in [4.78, 5) is 16.1. The molecule has 3 aromatic carbocycles. The van der Waals surface area contributed by atoms with Crippen molar-refractivity contribution in [3.8, 4) is 35.2 Å². The molecule has 2 bridgehead atoms. The Morgan fingerprint density at radius 3 is 2.52 bits per heavy atom. The van der Waals surface area contributed by atoms with Gasteiger partial charge in [-0.3, -0.25) is 9.58 Å². The van der Waals surface area contributed by atoms with Crippen LogP contribution in [0.1, 0.15) is 31.7 Å². The number of aromatic hydroxyl groups is 1. The van der Waals surface area contributed by atoms with Gasteiger partial charge in [0, 0.05) is 86.7 Å². The van der Waals surface area contributed by atoms with Gasteiger partial charge in [-0.15, -0.1) is 6.42 Å². The van der Waals surface area contributed by atoms with Crippen LogP contribution in [0.15, 0.2) is 30.5 Å². The minimum atomic E-state index is -3.01. The molecule has 3 atom stereocenters. The van der Waals surface area contributed by atoms with Crippen molar-refractivity contribution in [2.24, 2.45) is 18.4 Å². The van der Waals surface area contributed by atoms with Gasteiger partial charge in [0.1, 0.15) is 35.0 Å². The molecule has 0 radical (unpaired) electrons. The fourth-order valence-corrected chi connectivity index (χ4v) is 9.21. The van der Waals surface area contributed by atoms with Gasteiger partial charge in [0.05, 0.1) is 29.6 Å². The number of likely N-dealkylation sites (tertiary alicyclic amines) is 2. The summed E-state index contributed by atoms with van der Waals surface area (Å²) in [5.74, 6) is -1.33. The molecule has 4 aliphatic rings. The number of phenols is 1. The molecule has 1 N–H and O–H groups in total. The number of ether oxygens (including phenoxy) is 2. The first kappa shape index (κ1) is 35.0. The third-order valence-corrected chi connectivity index (χ3v) is 12.0. The Balaban J connectivity index is 1.26. The van der Waals surface area contributed by atoms with E-state index < -0.39 is 29.6 Å². The first-order chi connectivity index (χ1) is 25.8. The predicted molar refractivity (Wildman–Crippen MR) is 197 cm³/mol. The number of nitrogens with zero attached hydrogens (tertiary/aromatic N) is 7. The molecule has 4 fully saturated rings. The first-order valence-corrected chi connectivity index (χ1v) is 18.4. The van der Waals surface area contributed by atoms with Crippen molar-refractivity contribution < 1.29 is 32.1 Å². The quantitative estimate of drug-likeness (QED) is 0.160. The van der Waals surface area contributed by atoms with Crippen LogP contribution < -0.4 is 9.64 Å². The van der Waals surface area contributed by atoms with Gasteiger partial charge in [0.2, 0.25) is 0 Å². The number of benzene rings is 3. The van der Waals surface area contributed by atoms with Crippen molar-refractivity contribution in [1.82, 2.24) is 29.5 Å². The third kappa shape index (κ3) is 5.54. The lowest BCUT2D eigenvalue weighted by molar-refractivity contribution is -0.169. The second-order valence-corrected chi connectivity index (χ2v) is 15.9. The molecule has 5 aromatic rings. The van der Waals surface area contributed by atoms with E-state index in [2.05, 4.69) is 20.7 Å². The van der Waals surface area contributed by atoms with Crippen LogP contribution in [0.5, 0.6) is 11.8 Å². The third-order valence-electron chi connectivity index (χ3n) is 12.0. The van der Waals surface area contributed by atoms with E-state index in [1.54, 1.807) is 25.0 Å². The summed E-state index contributed by atoms with van der Waals surface area (Å²) in [7, 11) is 3.51. The minimum Gasteiger partial charge on any atom is -0.508 e. The topological polar surface area (TPSA) is 92.0 Å². The monoisotopic (exact) mass is 743 g/mol. The fourth-order valence-electron chi connectivity index (χ4n) is 9.21. The molecule has 2 aromatic heterocycles. The van der Waals surface area contributed by atoms with Gasteiger partial charge in [0.25, 0.3) is 5.92 Å². The summed E-state index contributed by atoms with van der Waals surface area (Å²) in [6, 6.07) is 5.34. The standard InChI is InChI=1S/C40H41F4N7O3/c1-5-27-30(41)9-6-23-12-26(52)13-28(31(23)27)32-34(42)36-33(29-17-49(4)47-35(29)32)37(51-24-7-8-25(51)16-50(15-24)14-22-18-53-19-22)46-38(45-36)54-21-39(2)20-48(3)11-10-40(39,43)44/h1,6,9,12-13,17,22,24-25,52H,7-8,10-11,14-16,18-21H2,2-4H3/t24?,25?,39-/m0/s1. The Morgan fingerprint density at radius 2 is 1.81 bits per heavy atom. The molecule has 282 valence electrons. The smallest absolute Gasteiger partial charge is 0.319 e. The zero-order valence-corrected chi connectivity index (χ0v) is 30.4. The normalized spacial score (nSPS) is 24.7. The van der Waals surface area contributed by atoms with Crippen molar-refractivity contribution in [2.45, 2.75) is 44.2 Å². The summed E-state index contributed by atoms with van der Waals surface area (Å²) in [6.45, 7) is 5.43. The highest BCUT2D eigenvalue weighted by Crippen LogP contribution is 2.48. The minimum absolute atomic E-state index is 0.0420. The van der Waals surface area contributed by atoms with Crippen molar-refractivity contribution >= 4 is 38.4 Å². The van der Waals surface area contributed by atoms with Crippen LogP contribution in [0.4, 0.5) is 23.4 Å². The van der Waals surface area contributed by atoms with Gasteiger partial charge < -0.3 is 24.4 Å². The van der Waals surface area contributed by atoms with Crippen molar-refractivity contribution in [2.75, 3.05) is 64.5 Å². The molecule has 0 aliphatic carbocycles. The van der Waals surface area contributed by atoms with Crippen LogP contribution in [0.3, 0.4) is 0 Å². The number of fused-ring (bicyclic) bond motifs is 6. The summed E-state index contributed by atoms with van der Waals surface area (Å²) in [6.07, 6.45) is 9.04. The summed E-state index contributed by atoms with van der Waals surface area (Å²) in [5.41, 5.74) is -1.41. The maximum Gasteiger partial charge on any atom is 0.319 e. The van der Waals surface area contributed by atoms with Gasteiger partial charge in [-0.2, -0.15) is 15.1 Å². The van der Waals surface area contributed by atoms with Crippen LogP contribution >= 0.6 is 0 Å². The van der Waals surface area contributed by atoms with Crippen molar-refractivity contribution in [3.63, 3.8) is 0 Å². The maximum atomic E-state index is 17.7. The molecule has 0 amide bonds. The number of alkyl halides is 2. The summed E-state index contributed by atoms with van der Waals surface area (Å²) >= 11 is 0. The van der Waals surface area contributed by atoms with E-state index >= 15 is 17.6 Å². The number of piperazine rings is 1. The second-order valence-electron chi connectivity index (χ2n) is 15.9. The number of phenolic OH excluding ortho intramolecular Hbond substituents is 1. The first-order valence-electron chi connectivity index (χ1n) is 18.4. The van der Waals surface area contributed by atoms with Gasteiger partial charge >= 0.3 is 6.01 Å². The lowest BCUT2D eigenvalue weighted by atomic mass is 9.79. The molecular weight excluding hydrogens is 702 g/mol. The number of aryl methyl sites for hydroxylation is 1. The molecule has 54 heavy (non-hydrogen) atoms. The molecule has 4 saturated heterocycles. The van der Waals surface area contributed by atoms with Gasteiger partial charge in [0.15, 0.2) is 5.82 Å². The number of rotatable bonds is 7. The highest BCUT2D eigenvalue weighted by molar-refractivity contribution is 6.18. The van der Waals surface area contributed by atoms with Gasteiger partial charge in [-0.25, -0.2) is 17.6 Å². The molecule has 14 heteroatoms. The number of aromatic nitrogens is 4. The Bertz CT molecular complexity index is 2360. The van der Waals surface area contributed by atoms with E-state index in [-0.39, 0.29) is 76.5 Å². The summed E-state index contributed by atoms with van der Waals surface area (Å²) < 4.78 is 77.0. The molecule has 9 rings (SSSR count). The zero-order chi connectivity index (χ0) is 37.7. The SMILES string of the molecule is C#Cc1c(F)ccc2cc(O)cc(-c3c(F)c4nc(OC[C@]5(C)CN(C)CCC5(F)F)nc(N5C6CCC5CN(CC5COC5)C6)c4c4cn(C)nc34)c12. The Morgan fingerprint density at radius 1 is 1.06 bits per heavy atom. The van der Waals surface area contributed by atoms with E-state index in [0.29, 0.717) is 27.9 Å². The fraction of sp³-hybridized carbons (Fsp3) is 0.475. The lowest BCUT2D eigenvalue weighted by Gasteiger charge is -2.44. The number of hydrogen-bond acceptors (Lipinski definition) is 9. The highest BCUT2D eigenvalue weighted by Gasteiger charge is 2.54. The number of piperidine rings is 1. The molecular formula is C40H41F4N7O3. The number of hydrogen-bond donors (Lipinski definition) is 1. The van der Waals surface area contributed by atoms with Crippen LogP contribution in [0.25, 0.3) is 43.7 Å². The van der Waals surface area contributed by atoms with Gasteiger partial charge in [-0.05, 0) is 56.0 Å². The zero-order valence-electron chi connectivity index (χ0n) is 30.4. The van der Waals surface area contributed by atoms with Crippen LogP contribution in [-0.4, -0.2) is 112 Å². The molecule has 6 heterocycles. The Hall–Kier alpha value is -4.71. The average Bonchev–Trinajstić information content (AvgIpc) is 3.62. The Labute approximate surface area is 309 Å².